The Labute approximate surface area is 163 Å². The minimum atomic E-state index is -0.284. The van der Waals surface area contributed by atoms with Crippen LogP contribution in [-0.4, -0.2) is 22.0 Å². The van der Waals surface area contributed by atoms with E-state index in [9.17, 15) is 9.59 Å². The first kappa shape index (κ1) is 19.5. The van der Waals surface area contributed by atoms with Gasteiger partial charge < -0.3 is 15.2 Å². The van der Waals surface area contributed by atoms with Gasteiger partial charge in [-0.2, -0.15) is 0 Å². The van der Waals surface area contributed by atoms with Crippen LogP contribution in [0.3, 0.4) is 0 Å². The van der Waals surface area contributed by atoms with Crippen molar-refractivity contribution in [3.8, 4) is 0 Å². The topological polar surface area (TPSA) is 97.1 Å². The molecule has 7 nitrogen and oxygen atoms in total. The number of amides is 2. The van der Waals surface area contributed by atoms with E-state index in [0.29, 0.717) is 33.7 Å². The largest absolute Gasteiger partial charge is 0.336 e. The lowest BCUT2D eigenvalue weighted by Gasteiger charge is -2.12. The summed E-state index contributed by atoms with van der Waals surface area (Å²) in [6.45, 7) is 9.42. The number of carbonyl (C=O) groups excluding carboxylic acids is 2. The molecule has 2 N–H and O–H groups in total. The summed E-state index contributed by atoms with van der Waals surface area (Å²) in [6.07, 6.45) is 0. The highest BCUT2D eigenvalue weighted by atomic mass is 16.5. The lowest BCUT2D eigenvalue weighted by atomic mass is 10.0. The van der Waals surface area contributed by atoms with Crippen LogP contribution in [0.15, 0.2) is 34.9 Å². The second-order valence-corrected chi connectivity index (χ2v) is 7.38. The summed E-state index contributed by atoms with van der Waals surface area (Å²) >= 11 is 0. The maximum Gasteiger partial charge on any atom is 0.259 e. The number of hydrogen-bond acceptors (Lipinski definition) is 5. The zero-order chi connectivity index (χ0) is 20.4. The fourth-order valence-electron chi connectivity index (χ4n) is 2.75. The molecular formula is C21H24N4O3. The monoisotopic (exact) mass is 380 g/mol. The van der Waals surface area contributed by atoms with Gasteiger partial charge in [0.05, 0.1) is 16.6 Å². The maximum atomic E-state index is 13.0. The molecule has 0 unspecified atom stereocenters. The van der Waals surface area contributed by atoms with Crippen molar-refractivity contribution in [2.24, 2.45) is 5.92 Å². The third-order valence-corrected chi connectivity index (χ3v) is 4.39. The Hall–Kier alpha value is -3.22. The van der Waals surface area contributed by atoms with Gasteiger partial charge in [-0.25, -0.2) is 4.98 Å². The van der Waals surface area contributed by atoms with E-state index >= 15 is 0 Å². The van der Waals surface area contributed by atoms with E-state index in [2.05, 4.69) is 20.8 Å². The first-order valence-electron chi connectivity index (χ1n) is 9.25. The highest BCUT2D eigenvalue weighted by molar-refractivity contribution is 6.12. The van der Waals surface area contributed by atoms with Gasteiger partial charge in [-0.1, -0.05) is 38.9 Å². The molecule has 0 aliphatic heterocycles. The van der Waals surface area contributed by atoms with Gasteiger partial charge >= 0.3 is 0 Å². The van der Waals surface area contributed by atoms with Crippen molar-refractivity contribution in [1.82, 2.24) is 10.1 Å². The zero-order valence-corrected chi connectivity index (χ0v) is 16.7. The van der Waals surface area contributed by atoms with Crippen molar-refractivity contribution in [1.29, 1.82) is 0 Å². The van der Waals surface area contributed by atoms with Crippen molar-refractivity contribution in [2.45, 2.75) is 40.5 Å². The number of anilines is 2. The minimum Gasteiger partial charge on any atom is -0.336 e. The van der Waals surface area contributed by atoms with Gasteiger partial charge in [-0.3, -0.25) is 9.59 Å². The number of rotatable bonds is 5. The molecule has 3 rings (SSSR count). The third-order valence-electron chi connectivity index (χ3n) is 4.39. The number of nitrogens with zero attached hydrogens (tertiary/aromatic N) is 2. The smallest absolute Gasteiger partial charge is 0.259 e. The van der Waals surface area contributed by atoms with Crippen LogP contribution in [0.5, 0.6) is 0 Å². The fourth-order valence-corrected chi connectivity index (χ4v) is 2.75. The summed E-state index contributed by atoms with van der Waals surface area (Å²) in [5, 5.41) is 10.3. The van der Waals surface area contributed by atoms with E-state index < -0.39 is 0 Å². The standard InChI is InChI=1S/C21H24N4O3/c1-11(2)17-10-16(18-13(5)25-28-21(18)24-17)20(27)23-15-8-6-7-14(9-15)22-19(26)12(3)4/h6-12H,1-5H3,(H,22,26)(H,23,27). The molecule has 3 aromatic rings. The normalized spacial score (nSPS) is 11.2. The highest BCUT2D eigenvalue weighted by Gasteiger charge is 2.20. The van der Waals surface area contributed by atoms with Crippen molar-refractivity contribution in [2.75, 3.05) is 10.6 Å². The van der Waals surface area contributed by atoms with Gasteiger partial charge in [0.25, 0.3) is 11.6 Å². The number of carbonyl (C=O) groups is 2. The van der Waals surface area contributed by atoms with Gasteiger partial charge in [0.1, 0.15) is 0 Å². The summed E-state index contributed by atoms with van der Waals surface area (Å²) in [4.78, 5) is 29.4. The lowest BCUT2D eigenvalue weighted by Crippen LogP contribution is -2.18. The molecule has 0 aliphatic rings. The molecule has 0 aliphatic carbocycles. The number of pyridine rings is 1. The average molecular weight is 380 g/mol. The third kappa shape index (κ3) is 4.03. The molecule has 0 radical (unpaired) electrons. The van der Waals surface area contributed by atoms with Crippen LogP contribution in [0, 0.1) is 12.8 Å². The molecule has 0 bridgehead atoms. The van der Waals surface area contributed by atoms with Crippen LogP contribution in [0.4, 0.5) is 11.4 Å². The number of aryl methyl sites for hydroxylation is 1. The lowest BCUT2D eigenvalue weighted by molar-refractivity contribution is -0.118. The fraction of sp³-hybridized carbons (Fsp3) is 0.333. The molecule has 0 atom stereocenters. The van der Waals surface area contributed by atoms with E-state index in [4.69, 9.17) is 4.52 Å². The molecule has 2 amide bonds. The minimum absolute atomic E-state index is 0.0824. The molecule has 2 aromatic heterocycles. The summed E-state index contributed by atoms with van der Waals surface area (Å²) in [6, 6.07) is 8.82. The molecule has 0 saturated carbocycles. The number of benzene rings is 1. The summed E-state index contributed by atoms with van der Waals surface area (Å²) in [7, 11) is 0. The van der Waals surface area contributed by atoms with E-state index in [0.717, 1.165) is 5.69 Å². The second kappa shape index (κ2) is 7.80. The molecular weight excluding hydrogens is 356 g/mol. The van der Waals surface area contributed by atoms with Crippen molar-refractivity contribution < 1.29 is 14.1 Å². The number of fused-ring (bicyclic) bond motifs is 1. The van der Waals surface area contributed by atoms with Gasteiger partial charge in [-0.05, 0) is 37.1 Å². The number of aromatic nitrogens is 2. The quantitative estimate of drug-likeness (QED) is 0.679. The van der Waals surface area contributed by atoms with E-state index in [1.165, 1.54) is 0 Å². The van der Waals surface area contributed by atoms with Crippen molar-refractivity contribution in [3.05, 3.63) is 47.3 Å². The molecule has 0 spiro atoms. The SMILES string of the molecule is Cc1noc2nc(C(C)C)cc(C(=O)Nc3cccc(NC(=O)C(C)C)c3)c12. The van der Waals surface area contributed by atoms with Gasteiger partial charge in [0.2, 0.25) is 5.91 Å². The van der Waals surface area contributed by atoms with Crippen LogP contribution in [0.2, 0.25) is 0 Å². The van der Waals surface area contributed by atoms with Crippen LogP contribution >= 0.6 is 0 Å². The molecule has 7 heteroatoms. The molecule has 28 heavy (non-hydrogen) atoms. The van der Waals surface area contributed by atoms with Crippen LogP contribution < -0.4 is 10.6 Å². The van der Waals surface area contributed by atoms with E-state index in [1.807, 2.05) is 27.7 Å². The second-order valence-electron chi connectivity index (χ2n) is 7.38. The van der Waals surface area contributed by atoms with Crippen LogP contribution in [0.25, 0.3) is 11.1 Å². The Balaban J connectivity index is 1.91. The zero-order valence-electron chi connectivity index (χ0n) is 16.7. The molecule has 2 heterocycles. The Morgan fingerprint density at radius 3 is 2.36 bits per heavy atom. The van der Waals surface area contributed by atoms with Gasteiger partial charge in [0.15, 0.2) is 0 Å². The van der Waals surface area contributed by atoms with Crippen molar-refractivity contribution >= 4 is 34.3 Å². The predicted molar refractivity (Wildman–Crippen MR) is 108 cm³/mol. The highest BCUT2D eigenvalue weighted by Crippen LogP contribution is 2.26. The van der Waals surface area contributed by atoms with Crippen LogP contribution in [0.1, 0.15) is 55.4 Å². The average Bonchev–Trinajstić information content (AvgIpc) is 3.02. The molecule has 0 saturated heterocycles. The molecule has 146 valence electrons. The number of nitrogens with one attached hydrogen (secondary N) is 2. The molecule has 1 aromatic carbocycles. The summed E-state index contributed by atoms with van der Waals surface area (Å²) < 4.78 is 5.28. The Kier molecular flexibility index (Phi) is 5.44. The van der Waals surface area contributed by atoms with E-state index in [1.54, 1.807) is 37.3 Å². The Morgan fingerprint density at radius 2 is 1.71 bits per heavy atom. The summed E-state index contributed by atoms with van der Waals surface area (Å²) in [5.41, 5.74) is 3.39. The Bertz CT molecular complexity index is 1040. The van der Waals surface area contributed by atoms with Crippen molar-refractivity contribution in [3.63, 3.8) is 0 Å². The van der Waals surface area contributed by atoms with Crippen LogP contribution in [-0.2, 0) is 4.79 Å². The molecule has 0 fully saturated rings. The first-order chi connectivity index (χ1) is 13.3. The van der Waals surface area contributed by atoms with E-state index in [-0.39, 0.29) is 23.7 Å². The van der Waals surface area contributed by atoms with Gasteiger partial charge in [-0.15, -0.1) is 0 Å². The number of hydrogen-bond donors (Lipinski definition) is 2. The summed E-state index contributed by atoms with van der Waals surface area (Å²) in [5.74, 6) is -0.362. The van der Waals surface area contributed by atoms with Gasteiger partial charge in [0, 0.05) is 23.0 Å². The first-order valence-corrected chi connectivity index (χ1v) is 9.25. The predicted octanol–water partition coefficient (Wildman–Crippen LogP) is 4.50. The Morgan fingerprint density at radius 1 is 1.04 bits per heavy atom. The maximum absolute atomic E-state index is 13.0.